The molecule has 1 heterocycles. The Balaban J connectivity index is 2.40. The Hall–Kier alpha value is -1.97. The number of nitrogens with one attached hydrogen (secondary N) is 2. The van der Waals surface area contributed by atoms with E-state index in [4.69, 9.17) is 4.74 Å². The summed E-state index contributed by atoms with van der Waals surface area (Å²) < 4.78 is 5.31. The van der Waals surface area contributed by atoms with Gasteiger partial charge in [-0.15, -0.1) is 0 Å². The first-order valence-electron chi connectivity index (χ1n) is 6.96. The molecule has 4 heteroatoms. The van der Waals surface area contributed by atoms with Gasteiger partial charge in [0.2, 0.25) is 5.91 Å². The number of hydrogen-bond acceptors (Lipinski definition) is 2. The van der Waals surface area contributed by atoms with Gasteiger partial charge in [-0.2, -0.15) is 0 Å². The lowest BCUT2D eigenvalue weighted by atomic mass is 10.0. The first-order chi connectivity index (χ1) is 9.52. The van der Waals surface area contributed by atoms with Crippen LogP contribution in [0.4, 0.5) is 0 Å². The molecule has 0 saturated heterocycles. The van der Waals surface area contributed by atoms with Gasteiger partial charge in [-0.05, 0) is 36.1 Å². The molecule has 2 aromatic rings. The minimum atomic E-state index is 0.00789. The Kier molecular flexibility index (Phi) is 4.32. The van der Waals surface area contributed by atoms with Crippen LogP contribution in [0.1, 0.15) is 37.9 Å². The highest BCUT2D eigenvalue weighted by molar-refractivity contribution is 5.86. The summed E-state index contributed by atoms with van der Waals surface area (Å²) in [5.41, 5.74) is 3.62. The van der Waals surface area contributed by atoms with Crippen LogP contribution in [0.3, 0.4) is 0 Å². The van der Waals surface area contributed by atoms with E-state index in [1.165, 1.54) is 16.6 Å². The van der Waals surface area contributed by atoms with Gasteiger partial charge < -0.3 is 15.0 Å². The smallest absolute Gasteiger partial charge is 0.216 e. The van der Waals surface area contributed by atoms with Crippen molar-refractivity contribution in [1.82, 2.24) is 10.3 Å². The van der Waals surface area contributed by atoms with Crippen molar-refractivity contribution in [3.63, 3.8) is 0 Å². The molecule has 20 heavy (non-hydrogen) atoms. The molecule has 1 aromatic carbocycles. The number of methoxy groups -OCH3 is 1. The van der Waals surface area contributed by atoms with Gasteiger partial charge >= 0.3 is 0 Å². The van der Waals surface area contributed by atoms with Gasteiger partial charge in [-0.3, -0.25) is 4.79 Å². The van der Waals surface area contributed by atoms with Gasteiger partial charge in [-0.1, -0.05) is 13.8 Å². The van der Waals surface area contributed by atoms with E-state index >= 15 is 0 Å². The van der Waals surface area contributed by atoms with E-state index in [1.807, 2.05) is 12.1 Å². The Labute approximate surface area is 119 Å². The summed E-state index contributed by atoms with van der Waals surface area (Å²) in [5, 5.41) is 4.04. The fourth-order valence-electron chi connectivity index (χ4n) is 2.50. The van der Waals surface area contributed by atoms with Crippen molar-refractivity contribution in [3.05, 3.63) is 29.5 Å². The molecule has 2 N–H and O–H groups in total. The third-order valence-electron chi connectivity index (χ3n) is 3.47. The number of hydrogen-bond donors (Lipinski definition) is 2. The van der Waals surface area contributed by atoms with Crippen molar-refractivity contribution in [2.75, 3.05) is 13.7 Å². The fraction of sp³-hybridized carbons (Fsp3) is 0.438. The second-order valence-electron chi connectivity index (χ2n) is 5.32. The number of H-pyrrole nitrogens is 1. The SMILES string of the molecule is COc1ccc2[nH]c(C(C)C)c(CCNC(C)=O)c2c1. The minimum Gasteiger partial charge on any atom is -0.497 e. The number of amides is 1. The van der Waals surface area contributed by atoms with Gasteiger partial charge in [0.1, 0.15) is 5.75 Å². The Morgan fingerprint density at radius 1 is 1.40 bits per heavy atom. The number of benzene rings is 1. The molecule has 0 aliphatic carbocycles. The molecule has 0 fully saturated rings. The van der Waals surface area contributed by atoms with Gasteiger partial charge in [0.15, 0.2) is 0 Å². The highest BCUT2D eigenvalue weighted by Gasteiger charge is 2.14. The normalized spacial score (nSPS) is 11.1. The minimum absolute atomic E-state index is 0.00789. The van der Waals surface area contributed by atoms with Crippen LogP contribution >= 0.6 is 0 Å². The zero-order chi connectivity index (χ0) is 14.7. The van der Waals surface area contributed by atoms with Crippen LogP contribution in [0.15, 0.2) is 18.2 Å². The molecular formula is C16H22N2O2. The summed E-state index contributed by atoms with van der Waals surface area (Å²) in [7, 11) is 1.67. The van der Waals surface area contributed by atoms with E-state index in [9.17, 15) is 4.79 Å². The zero-order valence-corrected chi connectivity index (χ0v) is 12.5. The highest BCUT2D eigenvalue weighted by Crippen LogP contribution is 2.30. The van der Waals surface area contributed by atoms with Gasteiger partial charge in [0, 0.05) is 30.1 Å². The predicted molar refractivity (Wildman–Crippen MR) is 81.3 cm³/mol. The van der Waals surface area contributed by atoms with E-state index in [-0.39, 0.29) is 5.91 Å². The van der Waals surface area contributed by atoms with Crippen molar-refractivity contribution in [1.29, 1.82) is 0 Å². The van der Waals surface area contributed by atoms with Crippen LogP contribution in [-0.4, -0.2) is 24.5 Å². The lowest BCUT2D eigenvalue weighted by molar-refractivity contribution is -0.118. The standard InChI is InChI=1S/C16H22N2O2/c1-10(2)16-13(7-8-17-11(3)19)14-9-12(20-4)5-6-15(14)18-16/h5-6,9-10,18H,7-8H2,1-4H3,(H,17,19). The first kappa shape index (κ1) is 14.4. The molecule has 0 saturated carbocycles. The van der Waals surface area contributed by atoms with E-state index in [2.05, 4.69) is 30.2 Å². The largest absolute Gasteiger partial charge is 0.497 e. The molecule has 0 atom stereocenters. The van der Waals surface area contributed by atoms with Crippen molar-refractivity contribution in [2.24, 2.45) is 0 Å². The summed E-state index contributed by atoms with van der Waals surface area (Å²) in [5.74, 6) is 1.28. The molecule has 108 valence electrons. The lowest BCUT2D eigenvalue weighted by Crippen LogP contribution is -2.22. The summed E-state index contributed by atoms with van der Waals surface area (Å²) in [6, 6.07) is 6.06. The molecular weight excluding hydrogens is 252 g/mol. The number of fused-ring (bicyclic) bond motifs is 1. The summed E-state index contributed by atoms with van der Waals surface area (Å²) in [6.07, 6.45) is 0.820. The van der Waals surface area contributed by atoms with Crippen LogP contribution in [0.5, 0.6) is 5.75 Å². The number of carbonyl (C=O) groups excluding carboxylic acids is 1. The molecule has 1 amide bonds. The van der Waals surface area contributed by atoms with Crippen molar-refractivity contribution in [2.45, 2.75) is 33.1 Å². The quantitative estimate of drug-likeness (QED) is 0.880. The Morgan fingerprint density at radius 2 is 2.15 bits per heavy atom. The maximum absolute atomic E-state index is 11.0. The van der Waals surface area contributed by atoms with Crippen molar-refractivity contribution < 1.29 is 9.53 Å². The maximum atomic E-state index is 11.0. The van der Waals surface area contributed by atoms with E-state index < -0.39 is 0 Å². The molecule has 4 nitrogen and oxygen atoms in total. The van der Waals surface area contributed by atoms with Crippen molar-refractivity contribution in [3.8, 4) is 5.75 Å². The molecule has 0 aliphatic heterocycles. The number of aromatic amines is 1. The van der Waals surface area contributed by atoms with Gasteiger partial charge in [0.05, 0.1) is 7.11 Å². The molecule has 0 radical (unpaired) electrons. The summed E-state index contributed by atoms with van der Waals surface area (Å²) in [4.78, 5) is 14.5. The zero-order valence-electron chi connectivity index (χ0n) is 12.5. The number of rotatable bonds is 5. The van der Waals surface area contributed by atoms with Gasteiger partial charge in [0.25, 0.3) is 0 Å². The monoisotopic (exact) mass is 274 g/mol. The Bertz CT molecular complexity index is 614. The number of aromatic nitrogens is 1. The van der Waals surface area contributed by atoms with Crippen molar-refractivity contribution >= 4 is 16.8 Å². The maximum Gasteiger partial charge on any atom is 0.216 e. The topological polar surface area (TPSA) is 54.1 Å². The molecule has 1 aromatic heterocycles. The van der Waals surface area contributed by atoms with Crippen LogP contribution < -0.4 is 10.1 Å². The molecule has 0 aliphatic rings. The van der Waals surface area contributed by atoms with Gasteiger partial charge in [-0.25, -0.2) is 0 Å². The van der Waals surface area contributed by atoms with Crippen LogP contribution in [0.2, 0.25) is 0 Å². The van der Waals surface area contributed by atoms with E-state index in [1.54, 1.807) is 14.0 Å². The average molecular weight is 274 g/mol. The van der Waals surface area contributed by atoms with Crippen LogP contribution in [-0.2, 0) is 11.2 Å². The second-order valence-corrected chi connectivity index (χ2v) is 5.32. The van der Waals surface area contributed by atoms with E-state index in [0.29, 0.717) is 12.5 Å². The summed E-state index contributed by atoms with van der Waals surface area (Å²) >= 11 is 0. The second kappa shape index (κ2) is 5.99. The average Bonchev–Trinajstić information content (AvgIpc) is 2.76. The fourth-order valence-corrected chi connectivity index (χ4v) is 2.50. The third-order valence-corrected chi connectivity index (χ3v) is 3.47. The predicted octanol–water partition coefficient (Wildman–Crippen LogP) is 2.98. The van der Waals surface area contributed by atoms with Crippen LogP contribution in [0.25, 0.3) is 10.9 Å². The first-order valence-corrected chi connectivity index (χ1v) is 6.96. The number of carbonyl (C=O) groups is 1. The molecule has 2 rings (SSSR count). The molecule has 0 bridgehead atoms. The number of ether oxygens (including phenoxy) is 1. The molecule has 0 unspecified atom stereocenters. The summed E-state index contributed by atoms with van der Waals surface area (Å²) in [6.45, 7) is 6.54. The lowest BCUT2D eigenvalue weighted by Gasteiger charge is -2.08. The Morgan fingerprint density at radius 3 is 2.75 bits per heavy atom. The third kappa shape index (κ3) is 2.95. The van der Waals surface area contributed by atoms with Crippen LogP contribution in [0, 0.1) is 0 Å². The van der Waals surface area contributed by atoms with E-state index in [0.717, 1.165) is 17.7 Å². The molecule has 0 spiro atoms. The highest BCUT2D eigenvalue weighted by atomic mass is 16.5.